The number of unbranched alkanes of at least 4 members (excludes halogenated alkanes) is 34. The highest BCUT2D eigenvalue weighted by molar-refractivity contribution is 7.47. The summed E-state index contributed by atoms with van der Waals surface area (Å²) in [5.74, 6) is -0.511. The van der Waals surface area contributed by atoms with E-state index in [0.29, 0.717) is 17.4 Å². The van der Waals surface area contributed by atoms with E-state index in [-0.39, 0.29) is 31.5 Å². The van der Waals surface area contributed by atoms with E-state index in [4.69, 9.17) is 13.8 Å². The first kappa shape index (κ1) is 76.5. The Bertz CT molecular complexity index is 1580. The molecule has 0 aliphatic carbocycles. The van der Waals surface area contributed by atoms with Crippen molar-refractivity contribution in [3.63, 3.8) is 0 Å². The summed E-state index contributed by atoms with van der Waals surface area (Å²) >= 11 is 0. The van der Waals surface area contributed by atoms with Crippen LogP contribution in [-0.2, 0) is 27.9 Å². The zero-order valence-electron chi connectivity index (χ0n) is 52.6. The molecule has 79 heavy (non-hydrogen) atoms. The molecule has 2 N–H and O–H groups in total. The van der Waals surface area contributed by atoms with Crippen molar-refractivity contribution in [1.82, 2.24) is 5.32 Å². The fourth-order valence-electron chi connectivity index (χ4n) is 9.45. The third kappa shape index (κ3) is 59.9. The molecule has 3 atom stereocenters. The van der Waals surface area contributed by atoms with E-state index in [9.17, 15) is 19.0 Å². The molecule has 0 spiro atoms. The van der Waals surface area contributed by atoms with Crippen molar-refractivity contribution in [3.05, 3.63) is 72.9 Å². The Morgan fingerprint density at radius 3 is 1.18 bits per heavy atom. The van der Waals surface area contributed by atoms with Gasteiger partial charge in [-0.05, 0) is 102 Å². The highest BCUT2D eigenvalue weighted by Gasteiger charge is 2.30. The molecule has 0 aliphatic rings. The molecule has 0 aromatic rings. The number of carbonyl (C=O) groups excluding carboxylic acids is 2. The number of ether oxygens (including phenoxy) is 1. The molecule has 10 heteroatoms. The summed E-state index contributed by atoms with van der Waals surface area (Å²) in [6.07, 6.45) is 76.1. The number of carbonyl (C=O) groups is 2. The summed E-state index contributed by atoms with van der Waals surface area (Å²) in [7, 11) is 1.49. The van der Waals surface area contributed by atoms with E-state index < -0.39 is 20.0 Å². The van der Waals surface area contributed by atoms with Gasteiger partial charge in [0.15, 0.2) is 0 Å². The minimum absolute atomic E-state index is 0.0366. The predicted octanol–water partition coefficient (Wildman–Crippen LogP) is 20.8. The predicted molar refractivity (Wildman–Crippen MR) is 341 cm³/mol. The first-order valence-corrected chi connectivity index (χ1v) is 34.8. The van der Waals surface area contributed by atoms with Gasteiger partial charge in [0.05, 0.1) is 33.8 Å². The summed E-state index contributed by atoms with van der Waals surface area (Å²) in [6, 6.07) is -0.855. The molecule has 460 valence electrons. The normalized spacial score (nSPS) is 14.1. The van der Waals surface area contributed by atoms with Crippen molar-refractivity contribution in [2.24, 2.45) is 0 Å². The zero-order chi connectivity index (χ0) is 57.9. The van der Waals surface area contributed by atoms with Crippen LogP contribution in [0.1, 0.15) is 303 Å². The molecule has 0 bridgehead atoms. The Balaban J connectivity index is 5.14. The topological polar surface area (TPSA) is 111 Å². The molecule has 0 saturated heterocycles. The number of nitrogens with one attached hydrogen (secondary N) is 1. The lowest BCUT2D eigenvalue weighted by molar-refractivity contribution is -0.870. The summed E-state index contributed by atoms with van der Waals surface area (Å²) < 4.78 is 30.7. The van der Waals surface area contributed by atoms with Gasteiger partial charge in [0.1, 0.15) is 19.3 Å². The van der Waals surface area contributed by atoms with E-state index >= 15 is 0 Å². The lowest BCUT2D eigenvalue weighted by atomic mass is 10.0. The van der Waals surface area contributed by atoms with E-state index in [1.807, 2.05) is 33.3 Å². The fourth-order valence-corrected chi connectivity index (χ4v) is 10.2. The van der Waals surface area contributed by atoms with Gasteiger partial charge in [-0.2, -0.15) is 0 Å². The first-order valence-electron chi connectivity index (χ1n) is 33.3. The second-order valence-electron chi connectivity index (χ2n) is 23.6. The number of likely N-dealkylation sites (N-methyl/N-ethyl adjacent to an activating group) is 1. The standard InChI is InChI=1S/C69H127N2O7P/c1-7-10-13-16-19-22-25-27-29-31-33-35-37-39-41-43-46-49-52-55-58-61-68(72)70-66(65-77-79(74,75)76-64-63-71(4,5)6)67(60-57-54-51-48-45-24-21-18-15-12-9-3)78-69(73)62-59-56-53-50-47-44-42-40-38-36-34-32-30-28-26-23-20-17-14-11-8-2/h19-20,22-23,27-30,33,35,57,60,66-67H,7-18,21,24-26,31-32,34,36-56,58-59,61-65H2,1-6H3,(H-,70,72,74,75)/p+1/b22-19-,23-20-,29-27-,30-28-,35-33-,60-57+. The van der Waals surface area contributed by atoms with E-state index in [1.54, 1.807) is 0 Å². The van der Waals surface area contributed by atoms with Gasteiger partial charge in [0.2, 0.25) is 5.91 Å². The maximum atomic E-state index is 13.6. The number of hydrogen-bond acceptors (Lipinski definition) is 6. The maximum absolute atomic E-state index is 13.6. The van der Waals surface area contributed by atoms with Crippen LogP contribution in [0.25, 0.3) is 0 Å². The monoisotopic (exact) mass is 1130 g/mol. The van der Waals surface area contributed by atoms with Gasteiger partial charge >= 0.3 is 13.8 Å². The zero-order valence-corrected chi connectivity index (χ0v) is 53.5. The molecule has 9 nitrogen and oxygen atoms in total. The minimum atomic E-state index is -4.45. The van der Waals surface area contributed by atoms with Gasteiger partial charge in [0, 0.05) is 12.8 Å². The minimum Gasteiger partial charge on any atom is -0.456 e. The van der Waals surface area contributed by atoms with Gasteiger partial charge < -0.3 is 19.4 Å². The lowest BCUT2D eigenvalue weighted by Crippen LogP contribution is -2.47. The van der Waals surface area contributed by atoms with Gasteiger partial charge in [-0.25, -0.2) is 4.57 Å². The lowest BCUT2D eigenvalue weighted by Gasteiger charge is -2.27. The second-order valence-corrected chi connectivity index (χ2v) is 25.1. The summed E-state index contributed by atoms with van der Waals surface area (Å²) in [5, 5.41) is 3.06. The van der Waals surface area contributed by atoms with Crippen LogP contribution in [0.15, 0.2) is 72.9 Å². The molecule has 0 radical (unpaired) electrons. The average Bonchev–Trinajstić information content (AvgIpc) is 3.41. The molecule has 0 aromatic carbocycles. The fraction of sp³-hybridized carbons (Fsp3) is 0.797. The van der Waals surface area contributed by atoms with Crippen molar-refractivity contribution in [2.45, 2.75) is 315 Å². The number of hydrogen-bond donors (Lipinski definition) is 2. The number of phosphoric acid groups is 1. The molecule has 0 aromatic heterocycles. The number of nitrogens with zero attached hydrogens (tertiary/aromatic N) is 1. The van der Waals surface area contributed by atoms with Crippen LogP contribution in [0.4, 0.5) is 0 Å². The molecule has 1 amide bonds. The van der Waals surface area contributed by atoms with Crippen molar-refractivity contribution >= 4 is 19.7 Å². The number of amides is 1. The average molecular weight is 1130 g/mol. The molecule has 3 unspecified atom stereocenters. The highest BCUT2D eigenvalue weighted by atomic mass is 31.2. The quantitative estimate of drug-likeness (QED) is 0.0205. The van der Waals surface area contributed by atoms with Gasteiger partial charge in [-0.15, -0.1) is 0 Å². The Hall–Kier alpha value is -2.55. The molecular weight excluding hydrogens is 1000 g/mol. The van der Waals surface area contributed by atoms with Gasteiger partial charge in [-0.1, -0.05) is 261 Å². The number of esters is 1. The maximum Gasteiger partial charge on any atom is 0.472 e. The number of phosphoric ester groups is 1. The SMILES string of the molecule is CCCCC/C=C\C/C=C\C/C=C\CCCCCCCCCCC(=O)NC(COP(=O)(O)OCC[N+](C)(C)C)C(/C=C/CCCCCCCCCCC)OC(=O)CCCCCCCCCCCCC/C=C\C/C=C\CCCCC. The number of rotatable bonds is 60. The van der Waals surface area contributed by atoms with Crippen LogP contribution in [0.2, 0.25) is 0 Å². The molecule has 0 heterocycles. The molecule has 0 rings (SSSR count). The second kappa shape index (κ2) is 58.6. The summed E-state index contributed by atoms with van der Waals surface area (Å²) in [4.78, 5) is 37.8. The van der Waals surface area contributed by atoms with E-state index in [0.717, 1.165) is 89.9 Å². The molecular formula is C69H128N2O7P+. The van der Waals surface area contributed by atoms with Gasteiger partial charge in [0.25, 0.3) is 0 Å². The third-order valence-corrected chi connectivity index (χ3v) is 15.6. The molecule has 0 aliphatic heterocycles. The van der Waals surface area contributed by atoms with Crippen LogP contribution < -0.4 is 5.32 Å². The van der Waals surface area contributed by atoms with Crippen molar-refractivity contribution in [1.29, 1.82) is 0 Å². The van der Waals surface area contributed by atoms with Crippen molar-refractivity contribution < 1.29 is 37.3 Å². The third-order valence-electron chi connectivity index (χ3n) is 14.6. The number of allylic oxidation sites excluding steroid dienone is 11. The Labute approximate surface area is 489 Å². The van der Waals surface area contributed by atoms with Crippen LogP contribution >= 0.6 is 7.82 Å². The Kier molecular flexibility index (Phi) is 56.7. The summed E-state index contributed by atoms with van der Waals surface area (Å²) in [6.45, 7) is 6.97. The van der Waals surface area contributed by atoms with Crippen LogP contribution in [0.5, 0.6) is 0 Å². The Morgan fingerprint density at radius 1 is 0.443 bits per heavy atom. The van der Waals surface area contributed by atoms with Crippen LogP contribution in [0, 0.1) is 0 Å². The highest BCUT2D eigenvalue weighted by Crippen LogP contribution is 2.43. The smallest absolute Gasteiger partial charge is 0.456 e. The Morgan fingerprint density at radius 2 is 0.772 bits per heavy atom. The van der Waals surface area contributed by atoms with Crippen LogP contribution in [0.3, 0.4) is 0 Å². The van der Waals surface area contributed by atoms with Gasteiger partial charge in [-0.3, -0.25) is 18.6 Å². The number of quaternary nitrogens is 1. The van der Waals surface area contributed by atoms with Crippen molar-refractivity contribution in [2.75, 3.05) is 40.9 Å². The van der Waals surface area contributed by atoms with E-state index in [2.05, 4.69) is 86.8 Å². The van der Waals surface area contributed by atoms with Crippen molar-refractivity contribution in [3.8, 4) is 0 Å². The first-order chi connectivity index (χ1) is 38.4. The van der Waals surface area contributed by atoms with E-state index in [1.165, 1.54) is 180 Å². The summed E-state index contributed by atoms with van der Waals surface area (Å²) in [5.41, 5.74) is 0. The van der Waals surface area contributed by atoms with Crippen LogP contribution in [-0.4, -0.2) is 74.3 Å². The molecule has 0 saturated carbocycles. The molecule has 0 fully saturated rings. The largest absolute Gasteiger partial charge is 0.472 e.